The van der Waals surface area contributed by atoms with Crippen LogP contribution in [0.4, 0.5) is 0 Å². The molecule has 0 aliphatic rings. The van der Waals surface area contributed by atoms with Crippen LogP contribution < -0.4 is 5.32 Å². The van der Waals surface area contributed by atoms with Crippen LogP contribution >= 0.6 is 24.0 Å². The number of thiazole rings is 1. The van der Waals surface area contributed by atoms with Crippen LogP contribution in [0.1, 0.15) is 16.3 Å². The number of aryl methyl sites for hydroxylation is 1. The maximum atomic E-state index is 11.9. The summed E-state index contributed by atoms with van der Waals surface area (Å²) in [4.78, 5) is 16.2. The Morgan fingerprint density at radius 1 is 1.42 bits per heavy atom. The van der Waals surface area contributed by atoms with Crippen molar-refractivity contribution >= 4 is 29.9 Å². The number of carbonyl (C=O) groups excluding carboxylic acids is 1. The minimum absolute atomic E-state index is 0.0555. The molecule has 0 bridgehead atoms. The van der Waals surface area contributed by atoms with Crippen molar-refractivity contribution in [3.05, 3.63) is 52.0 Å². The fourth-order valence-electron chi connectivity index (χ4n) is 1.69. The Hall–Kier alpha value is -1.33. The SMILES string of the molecule is Cc1csc(CNC(=O)C(S)Cc2ccccc2)n1. The number of thiol groups is 1. The first kappa shape index (κ1) is 14.1. The summed E-state index contributed by atoms with van der Waals surface area (Å²) in [5.41, 5.74) is 2.10. The molecule has 0 saturated carbocycles. The molecular formula is C14H16N2OS2. The molecule has 0 spiro atoms. The summed E-state index contributed by atoms with van der Waals surface area (Å²) in [6.45, 7) is 2.42. The first-order valence-electron chi connectivity index (χ1n) is 6.06. The van der Waals surface area contributed by atoms with Gasteiger partial charge in [0.2, 0.25) is 5.91 Å². The fourth-order valence-corrected chi connectivity index (χ4v) is 2.71. The maximum Gasteiger partial charge on any atom is 0.233 e. The molecule has 100 valence electrons. The zero-order valence-corrected chi connectivity index (χ0v) is 12.4. The van der Waals surface area contributed by atoms with Gasteiger partial charge in [-0.25, -0.2) is 4.98 Å². The van der Waals surface area contributed by atoms with Crippen molar-refractivity contribution in [2.45, 2.75) is 25.1 Å². The first-order chi connectivity index (χ1) is 9.15. The van der Waals surface area contributed by atoms with E-state index in [0.29, 0.717) is 13.0 Å². The zero-order valence-electron chi connectivity index (χ0n) is 10.7. The van der Waals surface area contributed by atoms with Gasteiger partial charge >= 0.3 is 0 Å². The van der Waals surface area contributed by atoms with Crippen LogP contribution in [0.2, 0.25) is 0 Å². The Morgan fingerprint density at radius 3 is 2.79 bits per heavy atom. The highest BCUT2D eigenvalue weighted by Gasteiger charge is 2.14. The van der Waals surface area contributed by atoms with E-state index in [4.69, 9.17) is 0 Å². The molecule has 5 heteroatoms. The van der Waals surface area contributed by atoms with Gasteiger partial charge in [0.05, 0.1) is 11.8 Å². The van der Waals surface area contributed by atoms with Crippen molar-refractivity contribution in [3.8, 4) is 0 Å². The van der Waals surface area contributed by atoms with E-state index in [2.05, 4.69) is 22.9 Å². The second-order valence-electron chi connectivity index (χ2n) is 4.31. The molecule has 2 rings (SSSR count). The third-order valence-corrected chi connectivity index (χ3v) is 4.04. The van der Waals surface area contributed by atoms with Gasteiger partial charge in [0, 0.05) is 11.1 Å². The topological polar surface area (TPSA) is 42.0 Å². The highest BCUT2D eigenvalue weighted by molar-refractivity contribution is 7.81. The molecule has 19 heavy (non-hydrogen) atoms. The van der Waals surface area contributed by atoms with Gasteiger partial charge < -0.3 is 5.32 Å². The van der Waals surface area contributed by atoms with E-state index in [-0.39, 0.29) is 11.2 Å². The molecule has 1 aromatic heterocycles. The molecule has 1 N–H and O–H groups in total. The first-order valence-corrected chi connectivity index (χ1v) is 7.45. The molecule has 0 fully saturated rings. The lowest BCUT2D eigenvalue weighted by atomic mass is 10.1. The van der Waals surface area contributed by atoms with Crippen molar-refractivity contribution < 1.29 is 4.79 Å². The van der Waals surface area contributed by atoms with Gasteiger partial charge in [0.15, 0.2) is 0 Å². The number of carbonyl (C=O) groups is 1. The van der Waals surface area contributed by atoms with Crippen LogP contribution in [-0.2, 0) is 17.8 Å². The predicted octanol–water partition coefficient (Wildman–Crippen LogP) is 2.61. The molecule has 0 aliphatic heterocycles. The van der Waals surface area contributed by atoms with E-state index in [0.717, 1.165) is 16.3 Å². The largest absolute Gasteiger partial charge is 0.349 e. The summed E-state index contributed by atoms with van der Waals surface area (Å²) < 4.78 is 0. The Morgan fingerprint density at radius 2 is 2.16 bits per heavy atom. The number of nitrogens with zero attached hydrogens (tertiary/aromatic N) is 1. The lowest BCUT2D eigenvalue weighted by Crippen LogP contribution is -2.32. The van der Waals surface area contributed by atoms with E-state index < -0.39 is 0 Å². The number of hydrogen-bond donors (Lipinski definition) is 2. The summed E-state index contributed by atoms with van der Waals surface area (Å²) in [6.07, 6.45) is 0.632. The predicted molar refractivity (Wildman–Crippen MR) is 81.6 cm³/mol. The summed E-state index contributed by atoms with van der Waals surface area (Å²) in [6, 6.07) is 9.89. The van der Waals surface area contributed by atoms with Gasteiger partial charge in [-0.15, -0.1) is 11.3 Å². The monoisotopic (exact) mass is 292 g/mol. The standard InChI is InChI=1S/C14H16N2OS2/c1-10-9-19-13(16-10)8-15-14(17)12(18)7-11-5-3-2-4-6-11/h2-6,9,12,18H,7-8H2,1H3,(H,15,17). The number of hydrogen-bond acceptors (Lipinski definition) is 4. The van der Waals surface area contributed by atoms with Crippen molar-refractivity contribution in [1.82, 2.24) is 10.3 Å². The van der Waals surface area contributed by atoms with Gasteiger partial charge in [0.1, 0.15) is 5.01 Å². The van der Waals surface area contributed by atoms with Crippen LogP contribution in [0.5, 0.6) is 0 Å². The average molecular weight is 292 g/mol. The number of amides is 1. The summed E-state index contributed by atoms with van der Waals surface area (Å²) in [5, 5.41) is 5.43. The molecular weight excluding hydrogens is 276 g/mol. The normalized spacial score (nSPS) is 12.1. The van der Waals surface area contributed by atoms with Crippen molar-refractivity contribution in [2.75, 3.05) is 0 Å². The van der Waals surface area contributed by atoms with Gasteiger partial charge in [-0.3, -0.25) is 4.79 Å². The second-order valence-corrected chi connectivity index (χ2v) is 5.87. The number of aromatic nitrogens is 1. The Kier molecular flexibility index (Phi) is 4.99. The van der Waals surface area contributed by atoms with E-state index >= 15 is 0 Å². The quantitative estimate of drug-likeness (QED) is 0.832. The Bertz CT molecular complexity index is 539. The number of benzene rings is 1. The van der Waals surface area contributed by atoms with E-state index in [1.807, 2.05) is 42.6 Å². The molecule has 1 aromatic carbocycles. The van der Waals surface area contributed by atoms with Gasteiger partial charge in [-0.05, 0) is 18.9 Å². The smallest absolute Gasteiger partial charge is 0.233 e. The van der Waals surface area contributed by atoms with Crippen LogP contribution in [0, 0.1) is 6.92 Å². The number of nitrogens with one attached hydrogen (secondary N) is 1. The maximum absolute atomic E-state index is 11.9. The molecule has 3 nitrogen and oxygen atoms in total. The Labute approximate surface area is 122 Å². The van der Waals surface area contributed by atoms with Gasteiger partial charge in [-0.1, -0.05) is 30.3 Å². The Balaban J connectivity index is 1.82. The van der Waals surface area contributed by atoms with Crippen molar-refractivity contribution in [3.63, 3.8) is 0 Å². The molecule has 2 aromatic rings. The highest BCUT2D eigenvalue weighted by atomic mass is 32.1. The van der Waals surface area contributed by atoms with Crippen molar-refractivity contribution in [2.24, 2.45) is 0 Å². The second kappa shape index (κ2) is 6.73. The van der Waals surface area contributed by atoms with Crippen molar-refractivity contribution in [1.29, 1.82) is 0 Å². The molecule has 0 aliphatic carbocycles. The van der Waals surface area contributed by atoms with Crippen LogP contribution in [0.15, 0.2) is 35.7 Å². The fraction of sp³-hybridized carbons (Fsp3) is 0.286. The van der Waals surface area contributed by atoms with Crippen LogP contribution in [0.25, 0.3) is 0 Å². The third-order valence-electron chi connectivity index (χ3n) is 2.65. The minimum atomic E-state index is -0.330. The molecule has 0 radical (unpaired) electrons. The summed E-state index contributed by atoms with van der Waals surface area (Å²) >= 11 is 5.92. The van der Waals surface area contributed by atoms with E-state index in [1.54, 1.807) is 11.3 Å². The zero-order chi connectivity index (χ0) is 13.7. The summed E-state index contributed by atoms with van der Waals surface area (Å²) in [5.74, 6) is -0.0555. The average Bonchev–Trinajstić information content (AvgIpc) is 2.83. The van der Waals surface area contributed by atoms with Crippen LogP contribution in [0.3, 0.4) is 0 Å². The lowest BCUT2D eigenvalue weighted by molar-refractivity contribution is -0.120. The van der Waals surface area contributed by atoms with Gasteiger partial charge in [0.25, 0.3) is 0 Å². The van der Waals surface area contributed by atoms with Gasteiger partial charge in [-0.2, -0.15) is 12.6 Å². The molecule has 1 unspecified atom stereocenters. The lowest BCUT2D eigenvalue weighted by Gasteiger charge is -2.10. The molecule has 1 atom stereocenters. The summed E-state index contributed by atoms with van der Waals surface area (Å²) in [7, 11) is 0. The van der Waals surface area contributed by atoms with Crippen LogP contribution in [-0.4, -0.2) is 16.1 Å². The highest BCUT2D eigenvalue weighted by Crippen LogP contribution is 2.10. The third kappa shape index (κ3) is 4.36. The molecule has 1 amide bonds. The van der Waals surface area contributed by atoms with E-state index in [1.165, 1.54) is 0 Å². The number of rotatable bonds is 5. The molecule has 0 saturated heterocycles. The minimum Gasteiger partial charge on any atom is -0.349 e. The van der Waals surface area contributed by atoms with E-state index in [9.17, 15) is 4.79 Å². The molecule has 1 heterocycles.